The van der Waals surface area contributed by atoms with Crippen LogP contribution in [0.3, 0.4) is 0 Å². The molecule has 0 N–H and O–H groups in total. The van der Waals surface area contributed by atoms with Crippen LogP contribution >= 0.6 is 0 Å². The van der Waals surface area contributed by atoms with E-state index in [0.29, 0.717) is 0 Å². The van der Waals surface area contributed by atoms with E-state index in [9.17, 15) is 0 Å². The Labute approximate surface area is 221 Å². The zero-order valence-corrected chi connectivity index (χ0v) is 24.8. The van der Waals surface area contributed by atoms with E-state index >= 15 is 0 Å². The molecule has 0 saturated carbocycles. The first-order valence-electron chi connectivity index (χ1n) is 16.2. The average Bonchev–Trinajstić information content (AvgIpc) is 2.87. The smallest absolute Gasteiger partial charge is 0.282 e. The van der Waals surface area contributed by atoms with Crippen molar-refractivity contribution in [1.29, 1.82) is 0 Å². The van der Waals surface area contributed by atoms with Crippen LogP contribution in [0.5, 0.6) is 0 Å². The Hall–Kier alpha value is -0.120. The van der Waals surface area contributed by atoms with Gasteiger partial charge in [-0.3, -0.25) is 0 Å². The highest BCUT2D eigenvalue weighted by molar-refractivity contribution is 4.61. The van der Waals surface area contributed by atoms with Crippen molar-refractivity contribution in [2.75, 3.05) is 19.8 Å². The number of ether oxygens (including phenoxy) is 3. The zero-order chi connectivity index (χ0) is 25.7. The van der Waals surface area contributed by atoms with Gasteiger partial charge in [-0.1, -0.05) is 150 Å². The predicted octanol–water partition coefficient (Wildman–Crippen LogP) is 11.1. The fourth-order valence-electron chi connectivity index (χ4n) is 4.60. The van der Waals surface area contributed by atoms with Gasteiger partial charge >= 0.3 is 0 Å². The summed E-state index contributed by atoms with van der Waals surface area (Å²) in [6.07, 6.45) is 30.4. The molecule has 3 heteroatoms. The van der Waals surface area contributed by atoms with Crippen LogP contribution in [0, 0.1) is 0 Å². The second-order valence-electron chi connectivity index (χ2n) is 10.7. The SMILES string of the molecule is CCCCCCCCCOC(CCCC)(OCCCCCCCCC)OCCCCCCCCC. The van der Waals surface area contributed by atoms with Gasteiger partial charge < -0.3 is 14.2 Å². The molecule has 212 valence electrons. The molecule has 0 aromatic carbocycles. The molecule has 35 heavy (non-hydrogen) atoms. The molecule has 0 aliphatic heterocycles. The maximum atomic E-state index is 6.43. The van der Waals surface area contributed by atoms with Crippen molar-refractivity contribution in [3.63, 3.8) is 0 Å². The molecule has 0 bridgehead atoms. The molecule has 0 unspecified atom stereocenters. The monoisotopic (exact) mass is 499 g/mol. The van der Waals surface area contributed by atoms with E-state index in [1.807, 2.05) is 0 Å². The first-order chi connectivity index (χ1) is 17.2. The summed E-state index contributed by atoms with van der Waals surface area (Å²) in [6, 6.07) is 0. The molecule has 0 spiro atoms. The minimum atomic E-state index is -0.817. The molecule has 0 fully saturated rings. The Balaban J connectivity index is 4.50. The van der Waals surface area contributed by atoms with Crippen LogP contribution in [-0.4, -0.2) is 25.8 Å². The molecule has 0 aromatic rings. The lowest BCUT2D eigenvalue weighted by molar-refractivity contribution is -0.384. The molecular weight excluding hydrogens is 432 g/mol. The predicted molar refractivity (Wildman–Crippen MR) is 154 cm³/mol. The summed E-state index contributed by atoms with van der Waals surface area (Å²) in [5.41, 5.74) is 0. The van der Waals surface area contributed by atoms with Crippen molar-refractivity contribution in [2.45, 2.75) is 188 Å². The Bertz CT molecular complexity index is 335. The largest absolute Gasteiger partial charge is 0.327 e. The van der Waals surface area contributed by atoms with Crippen molar-refractivity contribution in [1.82, 2.24) is 0 Å². The molecule has 0 rings (SSSR count). The van der Waals surface area contributed by atoms with E-state index in [1.165, 1.54) is 116 Å². The normalized spacial score (nSPS) is 12.0. The first-order valence-corrected chi connectivity index (χ1v) is 16.2. The van der Waals surface area contributed by atoms with Crippen molar-refractivity contribution < 1.29 is 14.2 Å². The average molecular weight is 499 g/mol. The van der Waals surface area contributed by atoms with Crippen molar-refractivity contribution >= 4 is 0 Å². The molecule has 0 atom stereocenters. The van der Waals surface area contributed by atoms with E-state index in [-0.39, 0.29) is 0 Å². The van der Waals surface area contributed by atoms with Crippen LogP contribution in [0.15, 0.2) is 0 Å². The molecule has 0 aliphatic carbocycles. The Morgan fingerprint density at radius 1 is 0.314 bits per heavy atom. The quantitative estimate of drug-likeness (QED) is 0.0727. The fraction of sp³-hybridized carbons (Fsp3) is 1.00. The summed E-state index contributed by atoms with van der Waals surface area (Å²) in [4.78, 5) is 0. The van der Waals surface area contributed by atoms with Gasteiger partial charge in [0, 0.05) is 6.42 Å². The van der Waals surface area contributed by atoms with Gasteiger partial charge in [0.25, 0.3) is 5.97 Å². The lowest BCUT2D eigenvalue weighted by atomic mass is 10.1. The van der Waals surface area contributed by atoms with Gasteiger partial charge in [0.1, 0.15) is 0 Å². The van der Waals surface area contributed by atoms with E-state index < -0.39 is 5.97 Å². The van der Waals surface area contributed by atoms with E-state index in [1.54, 1.807) is 0 Å². The lowest BCUT2D eigenvalue weighted by Crippen LogP contribution is -2.40. The standard InChI is InChI=1S/C32H66O3/c1-5-9-13-16-19-22-25-29-33-32(28-12-8-4,34-30-26-23-20-17-14-10-6-2)35-31-27-24-21-18-15-11-7-3/h5-31H2,1-4H3. The Morgan fingerprint density at radius 3 is 0.857 bits per heavy atom. The molecule has 0 aliphatic rings. The van der Waals surface area contributed by atoms with E-state index in [4.69, 9.17) is 14.2 Å². The van der Waals surface area contributed by atoms with Gasteiger partial charge in [0.05, 0.1) is 19.8 Å². The molecule has 0 amide bonds. The second-order valence-corrected chi connectivity index (χ2v) is 10.7. The summed E-state index contributed by atoms with van der Waals surface area (Å²) in [5.74, 6) is -0.817. The van der Waals surface area contributed by atoms with Crippen molar-refractivity contribution in [3.8, 4) is 0 Å². The summed E-state index contributed by atoms with van der Waals surface area (Å²) in [5, 5.41) is 0. The summed E-state index contributed by atoms with van der Waals surface area (Å²) in [6.45, 7) is 11.4. The van der Waals surface area contributed by atoms with Gasteiger partial charge in [-0.15, -0.1) is 0 Å². The third kappa shape index (κ3) is 24.0. The van der Waals surface area contributed by atoms with E-state index in [2.05, 4.69) is 27.7 Å². The van der Waals surface area contributed by atoms with Gasteiger partial charge in [-0.25, -0.2) is 0 Å². The van der Waals surface area contributed by atoms with Crippen LogP contribution in [0.4, 0.5) is 0 Å². The maximum absolute atomic E-state index is 6.43. The highest BCUT2D eigenvalue weighted by Gasteiger charge is 2.32. The van der Waals surface area contributed by atoms with Crippen LogP contribution in [0.25, 0.3) is 0 Å². The van der Waals surface area contributed by atoms with Crippen LogP contribution in [0.1, 0.15) is 182 Å². The number of hydrogen-bond donors (Lipinski definition) is 0. The summed E-state index contributed by atoms with van der Waals surface area (Å²) >= 11 is 0. The third-order valence-corrected chi connectivity index (χ3v) is 7.05. The number of rotatable bonds is 30. The highest BCUT2D eigenvalue weighted by atomic mass is 16.9. The Morgan fingerprint density at radius 2 is 0.571 bits per heavy atom. The van der Waals surface area contributed by atoms with Crippen LogP contribution in [0.2, 0.25) is 0 Å². The number of unbranched alkanes of at least 4 members (excludes halogenated alkanes) is 19. The number of hydrogen-bond acceptors (Lipinski definition) is 3. The van der Waals surface area contributed by atoms with Gasteiger partial charge in [0.2, 0.25) is 0 Å². The Kier molecular flexibility index (Phi) is 28.4. The third-order valence-electron chi connectivity index (χ3n) is 7.05. The highest BCUT2D eigenvalue weighted by Crippen LogP contribution is 2.25. The van der Waals surface area contributed by atoms with Crippen LogP contribution < -0.4 is 0 Å². The summed E-state index contributed by atoms with van der Waals surface area (Å²) in [7, 11) is 0. The fourth-order valence-corrected chi connectivity index (χ4v) is 4.60. The van der Waals surface area contributed by atoms with E-state index in [0.717, 1.165) is 58.3 Å². The lowest BCUT2D eigenvalue weighted by Gasteiger charge is -2.34. The van der Waals surface area contributed by atoms with Gasteiger partial charge in [0.15, 0.2) is 0 Å². The maximum Gasteiger partial charge on any atom is 0.282 e. The molecule has 0 heterocycles. The van der Waals surface area contributed by atoms with Gasteiger partial charge in [-0.05, 0) is 25.7 Å². The summed E-state index contributed by atoms with van der Waals surface area (Å²) < 4.78 is 19.3. The minimum Gasteiger partial charge on any atom is -0.327 e. The van der Waals surface area contributed by atoms with Crippen molar-refractivity contribution in [3.05, 3.63) is 0 Å². The first kappa shape index (κ1) is 34.9. The molecule has 3 nitrogen and oxygen atoms in total. The van der Waals surface area contributed by atoms with Crippen LogP contribution in [-0.2, 0) is 14.2 Å². The topological polar surface area (TPSA) is 27.7 Å². The van der Waals surface area contributed by atoms with Crippen molar-refractivity contribution in [2.24, 2.45) is 0 Å². The molecule has 0 radical (unpaired) electrons. The second kappa shape index (κ2) is 28.5. The zero-order valence-electron chi connectivity index (χ0n) is 24.8. The minimum absolute atomic E-state index is 0.755. The molecular formula is C32H66O3. The molecule has 0 aromatic heterocycles. The molecule has 0 saturated heterocycles. The van der Waals surface area contributed by atoms with Gasteiger partial charge in [-0.2, -0.15) is 0 Å².